The lowest BCUT2D eigenvalue weighted by Gasteiger charge is -2.34. The molecular formula is C12H18ClNO2. The monoisotopic (exact) mass is 243 g/mol. The Labute approximate surface area is 101 Å². The fraction of sp³-hybridized carbons (Fsp3) is 0.500. The van der Waals surface area contributed by atoms with E-state index in [4.69, 9.17) is 16.3 Å². The van der Waals surface area contributed by atoms with Crippen LogP contribution in [0.15, 0.2) is 24.3 Å². The summed E-state index contributed by atoms with van der Waals surface area (Å²) in [5, 5.41) is 13.4. The highest BCUT2D eigenvalue weighted by Gasteiger charge is 2.30. The average Bonchev–Trinajstić information content (AvgIpc) is 2.31. The lowest BCUT2D eigenvalue weighted by molar-refractivity contribution is 0.0380. The fourth-order valence-electron chi connectivity index (χ4n) is 1.39. The molecule has 0 bridgehead atoms. The number of anilines is 1. The van der Waals surface area contributed by atoms with Gasteiger partial charge in [-0.2, -0.15) is 0 Å². The van der Waals surface area contributed by atoms with E-state index in [0.29, 0.717) is 5.02 Å². The van der Waals surface area contributed by atoms with Crippen molar-refractivity contribution in [2.75, 3.05) is 19.0 Å². The Bertz CT molecular complexity index is 328. The minimum absolute atomic E-state index is 0.00929. The number of nitrogens with one attached hydrogen (secondary N) is 1. The van der Waals surface area contributed by atoms with E-state index in [2.05, 4.69) is 5.32 Å². The van der Waals surface area contributed by atoms with E-state index in [1.54, 1.807) is 19.2 Å². The molecule has 1 rings (SSSR count). The summed E-state index contributed by atoms with van der Waals surface area (Å²) in [4.78, 5) is 0. The van der Waals surface area contributed by atoms with Crippen molar-refractivity contribution in [3.63, 3.8) is 0 Å². The lowest BCUT2D eigenvalue weighted by atomic mass is 9.96. The molecular weight excluding hydrogens is 226 g/mol. The number of methoxy groups -OCH3 is 1. The maximum Gasteiger partial charge on any atom is 0.0834 e. The zero-order valence-corrected chi connectivity index (χ0v) is 10.6. The molecule has 0 fully saturated rings. The molecule has 0 radical (unpaired) electrons. The van der Waals surface area contributed by atoms with Crippen LogP contribution in [0.2, 0.25) is 5.02 Å². The van der Waals surface area contributed by atoms with Gasteiger partial charge in [-0.05, 0) is 38.1 Å². The van der Waals surface area contributed by atoms with E-state index in [1.807, 2.05) is 26.0 Å². The maximum absolute atomic E-state index is 9.43. The van der Waals surface area contributed by atoms with Crippen molar-refractivity contribution in [1.29, 1.82) is 0 Å². The average molecular weight is 244 g/mol. The largest absolute Gasteiger partial charge is 0.394 e. The summed E-state index contributed by atoms with van der Waals surface area (Å²) < 4.78 is 5.25. The van der Waals surface area contributed by atoms with E-state index in [9.17, 15) is 5.11 Å². The summed E-state index contributed by atoms with van der Waals surface area (Å²) in [6.45, 7) is 3.82. The van der Waals surface area contributed by atoms with Gasteiger partial charge in [0.25, 0.3) is 0 Å². The van der Waals surface area contributed by atoms with Gasteiger partial charge in [0.2, 0.25) is 0 Å². The molecule has 0 aliphatic rings. The van der Waals surface area contributed by atoms with Crippen LogP contribution in [-0.4, -0.2) is 30.5 Å². The first-order valence-electron chi connectivity index (χ1n) is 5.19. The number of hydrogen-bond donors (Lipinski definition) is 2. The summed E-state index contributed by atoms with van der Waals surface area (Å²) >= 11 is 5.80. The summed E-state index contributed by atoms with van der Waals surface area (Å²) in [7, 11) is 1.63. The highest BCUT2D eigenvalue weighted by Crippen LogP contribution is 2.21. The van der Waals surface area contributed by atoms with Crippen LogP contribution in [0.5, 0.6) is 0 Å². The number of hydrogen-bond acceptors (Lipinski definition) is 3. The third kappa shape index (κ3) is 3.11. The molecule has 1 aromatic carbocycles. The molecule has 4 heteroatoms. The van der Waals surface area contributed by atoms with E-state index in [-0.39, 0.29) is 12.7 Å². The van der Waals surface area contributed by atoms with Crippen LogP contribution >= 0.6 is 11.6 Å². The van der Waals surface area contributed by atoms with Crippen LogP contribution in [0.1, 0.15) is 13.8 Å². The Balaban J connectivity index is 2.80. The summed E-state index contributed by atoms with van der Waals surface area (Å²) in [5.41, 5.74) is 0.396. The van der Waals surface area contributed by atoms with Crippen molar-refractivity contribution in [3.8, 4) is 0 Å². The molecule has 0 saturated carbocycles. The van der Waals surface area contributed by atoms with Gasteiger partial charge >= 0.3 is 0 Å². The van der Waals surface area contributed by atoms with Crippen molar-refractivity contribution in [1.82, 2.24) is 0 Å². The zero-order valence-electron chi connectivity index (χ0n) is 9.83. The van der Waals surface area contributed by atoms with Crippen LogP contribution in [0.4, 0.5) is 5.69 Å². The van der Waals surface area contributed by atoms with Crippen molar-refractivity contribution < 1.29 is 9.84 Å². The van der Waals surface area contributed by atoms with Gasteiger partial charge in [-0.1, -0.05) is 11.6 Å². The Kier molecular flexibility index (Phi) is 4.59. The number of rotatable bonds is 5. The normalized spacial score (nSPS) is 16.6. The summed E-state index contributed by atoms with van der Waals surface area (Å²) in [6.07, 6.45) is -0.104. The molecule has 2 atom stereocenters. The van der Waals surface area contributed by atoms with Crippen LogP contribution in [0.25, 0.3) is 0 Å². The summed E-state index contributed by atoms with van der Waals surface area (Å²) in [6, 6.07) is 7.36. The number of aliphatic hydroxyl groups excluding tert-OH is 1. The number of ether oxygens (including phenoxy) is 1. The van der Waals surface area contributed by atoms with Gasteiger partial charge < -0.3 is 15.2 Å². The second-order valence-electron chi connectivity index (χ2n) is 4.09. The first-order valence-corrected chi connectivity index (χ1v) is 5.57. The molecule has 0 amide bonds. The summed E-state index contributed by atoms with van der Waals surface area (Å²) in [5.74, 6) is 0. The Morgan fingerprint density at radius 1 is 1.44 bits per heavy atom. The van der Waals surface area contributed by atoms with Gasteiger partial charge in [-0.25, -0.2) is 0 Å². The highest BCUT2D eigenvalue weighted by molar-refractivity contribution is 6.30. The van der Waals surface area contributed by atoms with E-state index in [1.165, 1.54) is 0 Å². The molecule has 90 valence electrons. The maximum atomic E-state index is 9.43. The van der Waals surface area contributed by atoms with Gasteiger partial charge in [-0.3, -0.25) is 0 Å². The first kappa shape index (κ1) is 13.3. The van der Waals surface area contributed by atoms with Crippen LogP contribution in [0, 0.1) is 0 Å². The smallest absolute Gasteiger partial charge is 0.0834 e. The van der Waals surface area contributed by atoms with Crippen molar-refractivity contribution in [3.05, 3.63) is 29.3 Å². The Morgan fingerprint density at radius 3 is 2.44 bits per heavy atom. The topological polar surface area (TPSA) is 41.5 Å². The van der Waals surface area contributed by atoms with Crippen LogP contribution in [0.3, 0.4) is 0 Å². The van der Waals surface area contributed by atoms with Gasteiger partial charge in [0.05, 0.1) is 18.2 Å². The quantitative estimate of drug-likeness (QED) is 0.835. The molecule has 2 N–H and O–H groups in total. The third-order valence-corrected chi connectivity index (χ3v) is 3.11. The molecule has 0 saturated heterocycles. The molecule has 2 unspecified atom stereocenters. The molecule has 0 aromatic heterocycles. The fourth-order valence-corrected chi connectivity index (χ4v) is 1.52. The van der Waals surface area contributed by atoms with E-state index >= 15 is 0 Å². The molecule has 0 spiro atoms. The molecule has 0 heterocycles. The third-order valence-electron chi connectivity index (χ3n) is 2.85. The predicted octanol–water partition coefficient (Wildman–Crippen LogP) is 2.54. The van der Waals surface area contributed by atoms with Crippen molar-refractivity contribution in [2.24, 2.45) is 0 Å². The Hall–Kier alpha value is -0.770. The second kappa shape index (κ2) is 5.53. The lowest BCUT2D eigenvalue weighted by Crippen LogP contribution is -2.49. The molecule has 3 nitrogen and oxygen atoms in total. The van der Waals surface area contributed by atoms with Gasteiger partial charge in [-0.15, -0.1) is 0 Å². The van der Waals surface area contributed by atoms with Crippen molar-refractivity contribution >= 4 is 17.3 Å². The van der Waals surface area contributed by atoms with E-state index < -0.39 is 5.54 Å². The van der Waals surface area contributed by atoms with Gasteiger partial charge in [0.1, 0.15) is 0 Å². The molecule has 1 aromatic rings. The second-order valence-corrected chi connectivity index (χ2v) is 4.52. The van der Waals surface area contributed by atoms with Crippen molar-refractivity contribution in [2.45, 2.75) is 25.5 Å². The minimum Gasteiger partial charge on any atom is -0.394 e. The van der Waals surface area contributed by atoms with Gasteiger partial charge in [0.15, 0.2) is 0 Å². The van der Waals surface area contributed by atoms with Crippen LogP contribution < -0.4 is 5.32 Å². The van der Waals surface area contributed by atoms with Crippen LogP contribution in [-0.2, 0) is 4.74 Å². The zero-order chi connectivity index (χ0) is 12.2. The standard InChI is InChI=1S/C12H18ClNO2/c1-9(16-3)12(2,8-15)14-11-6-4-10(13)5-7-11/h4-7,9,14-15H,8H2,1-3H3. The van der Waals surface area contributed by atoms with E-state index in [0.717, 1.165) is 5.69 Å². The molecule has 16 heavy (non-hydrogen) atoms. The molecule has 0 aliphatic heterocycles. The predicted molar refractivity (Wildman–Crippen MR) is 67.0 cm³/mol. The van der Waals surface area contributed by atoms with Gasteiger partial charge in [0, 0.05) is 17.8 Å². The molecule has 0 aliphatic carbocycles. The number of halogens is 1. The SMILES string of the molecule is COC(C)C(C)(CO)Nc1ccc(Cl)cc1. The highest BCUT2D eigenvalue weighted by atomic mass is 35.5. The number of aliphatic hydroxyl groups is 1. The first-order chi connectivity index (χ1) is 7.51. The number of benzene rings is 1. The minimum atomic E-state index is -0.511. The Morgan fingerprint density at radius 2 is 2.00 bits per heavy atom.